The van der Waals surface area contributed by atoms with Gasteiger partial charge < -0.3 is 5.73 Å². The summed E-state index contributed by atoms with van der Waals surface area (Å²) in [6.07, 6.45) is 1.71. The number of nitrogens with two attached hydrogens (primary N) is 1. The van der Waals surface area contributed by atoms with Crippen LogP contribution in [0.25, 0.3) is 10.4 Å². The zero-order chi connectivity index (χ0) is 16.9. The van der Waals surface area contributed by atoms with Gasteiger partial charge in [-0.2, -0.15) is 0 Å². The minimum absolute atomic E-state index is 0.0473. The summed E-state index contributed by atoms with van der Waals surface area (Å²) in [6.45, 7) is 1.53. The molecule has 0 unspecified atom stereocenters. The van der Waals surface area contributed by atoms with E-state index in [2.05, 4.69) is 15.0 Å². The summed E-state index contributed by atoms with van der Waals surface area (Å²) in [7, 11) is -3.56. The lowest BCUT2D eigenvalue weighted by atomic mass is 9.82. The zero-order valence-electron chi connectivity index (χ0n) is 12.5. The minimum Gasteiger partial charge on any atom is -0.386 e. The number of sulfone groups is 1. The van der Waals surface area contributed by atoms with Gasteiger partial charge in [-0.3, -0.25) is 4.99 Å². The molecule has 0 saturated heterocycles. The Morgan fingerprint density at radius 2 is 2.13 bits per heavy atom. The highest BCUT2D eigenvalue weighted by Crippen LogP contribution is 2.47. The smallest absolute Gasteiger partial charge is 0.165 e. The summed E-state index contributed by atoms with van der Waals surface area (Å²) in [5, 5.41) is 3.43. The number of rotatable bonds is 2. The quantitative estimate of drug-likeness (QED) is 0.507. The molecule has 9 heteroatoms. The van der Waals surface area contributed by atoms with Gasteiger partial charge in [-0.25, -0.2) is 12.8 Å². The molecule has 3 rings (SSSR count). The molecule has 1 fully saturated rings. The largest absolute Gasteiger partial charge is 0.386 e. The fourth-order valence-electron chi connectivity index (χ4n) is 3.31. The summed E-state index contributed by atoms with van der Waals surface area (Å²) >= 11 is 0. The molecule has 1 aliphatic heterocycles. The first-order valence-electron chi connectivity index (χ1n) is 7.17. The maximum atomic E-state index is 14.3. The van der Waals surface area contributed by atoms with Gasteiger partial charge in [0.2, 0.25) is 0 Å². The number of azide groups is 1. The molecule has 1 saturated carbocycles. The number of aliphatic imine (C=N–C) groups is 1. The van der Waals surface area contributed by atoms with Crippen LogP contribution in [0.2, 0.25) is 0 Å². The lowest BCUT2D eigenvalue weighted by Gasteiger charge is -2.46. The van der Waals surface area contributed by atoms with Gasteiger partial charge in [-0.1, -0.05) is 5.11 Å². The van der Waals surface area contributed by atoms with Crippen LogP contribution < -0.4 is 5.73 Å². The van der Waals surface area contributed by atoms with Crippen LogP contribution in [0, 0.1) is 5.82 Å². The molecule has 23 heavy (non-hydrogen) atoms. The van der Waals surface area contributed by atoms with Gasteiger partial charge in [0.1, 0.15) is 21.9 Å². The summed E-state index contributed by atoms with van der Waals surface area (Å²) in [4.78, 5) is 7.02. The molecule has 2 aliphatic rings. The van der Waals surface area contributed by atoms with E-state index in [0.29, 0.717) is 12.8 Å². The van der Waals surface area contributed by atoms with E-state index in [1.807, 2.05) is 0 Å². The Morgan fingerprint density at radius 1 is 1.43 bits per heavy atom. The van der Waals surface area contributed by atoms with E-state index < -0.39 is 25.9 Å². The molecule has 1 aromatic carbocycles. The molecule has 1 aromatic rings. The zero-order valence-corrected chi connectivity index (χ0v) is 13.3. The average molecular weight is 337 g/mol. The van der Waals surface area contributed by atoms with E-state index in [-0.39, 0.29) is 22.8 Å². The van der Waals surface area contributed by atoms with Crippen molar-refractivity contribution in [1.29, 1.82) is 0 Å². The van der Waals surface area contributed by atoms with E-state index in [1.165, 1.54) is 19.1 Å². The van der Waals surface area contributed by atoms with Gasteiger partial charge in [0, 0.05) is 16.2 Å². The normalized spacial score (nSPS) is 27.7. The van der Waals surface area contributed by atoms with Crippen LogP contribution in [-0.4, -0.2) is 24.8 Å². The lowest BCUT2D eigenvalue weighted by Crippen LogP contribution is -2.61. The Kier molecular flexibility index (Phi) is 3.38. The fourth-order valence-corrected chi connectivity index (χ4v) is 5.82. The number of benzene rings is 1. The monoisotopic (exact) mass is 337 g/mol. The van der Waals surface area contributed by atoms with Crippen LogP contribution in [0.5, 0.6) is 0 Å². The van der Waals surface area contributed by atoms with Crippen molar-refractivity contribution in [3.05, 3.63) is 40.0 Å². The standard InChI is InChI=1S/C14H16FN5O2S/c1-13(10-7-9(19-20-17)3-4-11(10)15)8-23(21,22)14(5-2-6-14)12(16)18-13/h3-4,7H,2,5-6,8H2,1H3,(H2,16,18)/t13-/m0/s1. The highest BCUT2D eigenvalue weighted by Gasteiger charge is 2.57. The van der Waals surface area contributed by atoms with Crippen molar-refractivity contribution in [1.82, 2.24) is 0 Å². The Labute approximate surface area is 132 Å². The van der Waals surface area contributed by atoms with Gasteiger partial charge in [0.05, 0.1) is 5.75 Å². The Hall–Kier alpha value is -2.12. The SMILES string of the molecule is C[C@@]1(c2cc(N=[N+]=[N-])ccc2F)CS(=O)(=O)C2(CCC2)C(N)=N1. The van der Waals surface area contributed by atoms with Gasteiger partial charge in [0.15, 0.2) is 9.84 Å². The van der Waals surface area contributed by atoms with E-state index >= 15 is 0 Å². The third-order valence-electron chi connectivity index (χ3n) is 4.75. The third kappa shape index (κ3) is 2.19. The van der Waals surface area contributed by atoms with Crippen molar-refractivity contribution in [3.63, 3.8) is 0 Å². The van der Waals surface area contributed by atoms with E-state index in [1.54, 1.807) is 0 Å². The number of amidine groups is 1. The van der Waals surface area contributed by atoms with Crippen molar-refractivity contribution in [2.45, 2.75) is 36.5 Å². The van der Waals surface area contributed by atoms with Crippen LogP contribution in [0.3, 0.4) is 0 Å². The number of nitrogens with zero attached hydrogens (tertiary/aromatic N) is 4. The van der Waals surface area contributed by atoms with Crippen molar-refractivity contribution >= 4 is 21.4 Å². The lowest BCUT2D eigenvalue weighted by molar-refractivity contribution is 0.388. The van der Waals surface area contributed by atoms with Crippen LogP contribution in [0.4, 0.5) is 10.1 Å². The molecule has 7 nitrogen and oxygen atoms in total. The maximum absolute atomic E-state index is 14.3. The van der Waals surface area contributed by atoms with Crippen molar-refractivity contribution in [2.24, 2.45) is 15.8 Å². The molecule has 0 radical (unpaired) electrons. The second kappa shape index (κ2) is 4.94. The first-order chi connectivity index (χ1) is 10.7. The van der Waals surface area contributed by atoms with Crippen LogP contribution >= 0.6 is 0 Å². The number of hydrogen-bond donors (Lipinski definition) is 1. The summed E-state index contributed by atoms with van der Waals surface area (Å²) in [5.74, 6) is -0.885. The van der Waals surface area contributed by atoms with E-state index in [9.17, 15) is 12.8 Å². The van der Waals surface area contributed by atoms with Gasteiger partial charge in [-0.05, 0) is 49.9 Å². The van der Waals surface area contributed by atoms with Gasteiger partial charge in [0.25, 0.3) is 0 Å². The third-order valence-corrected chi connectivity index (χ3v) is 7.50. The topological polar surface area (TPSA) is 121 Å². The summed E-state index contributed by atoms with van der Waals surface area (Å²) < 4.78 is 38.7. The van der Waals surface area contributed by atoms with Crippen LogP contribution in [-0.2, 0) is 15.4 Å². The number of hydrogen-bond acceptors (Lipinski definition) is 5. The Morgan fingerprint density at radius 3 is 2.65 bits per heavy atom. The Balaban J connectivity index is 2.17. The molecule has 2 N–H and O–H groups in total. The highest BCUT2D eigenvalue weighted by atomic mass is 32.2. The predicted molar refractivity (Wildman–Crippen MR) is 84.5 cm³/mol. The molecular formula is C14H16FN5O2S. The van der Waals surface area contributed by atoms with E-state index in [0.717, 1.165) is 12.5 Å². The molecular weight excluding hydrogens is 321 g/mol. The minimum atomic E-state index is -3.56. The molecule has 1 spiro atoms. The molecule has 0 aromatic heterocycles. The molecule has 0 amide bonds. The number of halogens is 1. The first kappa shape index (κ1) is 15.8. The average Bonchev–Trinajstić information content (AvgIpc) is 2.37. The fraction of sp³-hybridized carbons (Fsp3) is 0.500. The first-order valence-corrected chi connectivity index (χ1v) is 8.83. The molecule has 1 aliphatic carbocycles. The van der Waals surface area contributed by atoms with Crippen molar-refractivity contribution in [2.75, 3.05) is 5.75 Å². The second-order valence-corrected chi connectivity index (χ2v) is 8.53. The molecule has 0 bridgehead atoms. The van der Waals surface area contributed by atoms with E-state index in [4.69, 9.17) is 11.3 Å². The second-order valence-electron chi connectivity index (χ2n) is 6.23. The summed E-state index contributed by atoms with van der Waals surface area (Å²) in [6, 6.07) is 3.77. The van der Waals surface area contributed by atoms with Gasteiger partial charge >= 0.3 is 0 Å². The van der Waals surface area contributed by atoms with Gasteiger partial charge in [-0.15, -0.1) is 0 Å². The molecule has 1 atom stereocenters. The van der Waals surface area contributed by atoms with Crippen molar-refractivity contribution in [3.8, 4) is 0 Å². The van der Waals surface area contributed by atoms with Crippen molar-refractivity contribution < 1.29 is 12.8 Å². The predicted octanol–water partition coefficient (Wildman–Crippen LogP) is 2.69. The molecule has 122 valence electrons. The maximum Gasteiger partial charge on any atom is 0.165 e. The molecule has 1 heterocycles. The van der Waals surface area contributed by atoms with Crippen LogP contribution in [0.15, 0.2) is 28.3 Å². The summed E-state index contributed by atoms with van der Waals surface area (Å²) in [5.41, 5.74) is 13.4. The Bertz CT molecular complexity index is 856. The highest BCUT2D eigenvalue weighted by molar-refractivity contribution is 7.93. The van der Waals surface area contributed by atoms with Crippen LogP contribution in [0.1, 0.15) is 31.7 Å².